The van der Waals surface area contributed by atoms with Crippen LogP contribution in [-0.4, -0.2) is 30.5 Å². The van der Waals surface area contributed by atoms with Crippen LogP contribution in [0.3, 0.4) is 0 Å². The largest absolute Gasteiger partial charge is 0.319 e. The van der Waals surface area contributed by atoms with Crippen molar-refractivity contribution in [2.75, 3.05) is 5.32 Å². The van der Waals surface area contributed by atoms with Gasteiger partial charge in [-0.1, -0.05) is 30.3 Å². The summed E-state index contributed by atoms with van der Waals surface area (Å²) in [6.07, 6.45) is 7.18. The molecule has 0 atom stereocenters. The zero-order chi connectivity index (χ0) is 20.3. The molecular weight excluding hydrogens is 396 g/mol. The standard InChI is InChI=1S/C22H16N6OS/c29-21(25-18-9-4-5-10-20(18)27-12-6-11-23-27)19-15-30-22(26-19)16-13-24-28(14-16)17-7-2-1-3-8-17/h1-15H,(H,25,29). The molecule has 7 nitrogen and oxygen atoms in total. The lowest BCUT2D eigenvalue weighted by atomic mass is 10.2. The number of benzene rings is 2. The van der Waals surface area contributed by atoms with Crippen LogP contribution in [0.2, 0.25) is 0 Å². The average Bonchev–Trinajstić information content (AvgIpc) is 3.56. The number of aromatic nitrogens is 5. The fourth-order valence-electron chi connectivity index (χ4n) is 3.04. The van der Waals surface area contributed by atoms with Gasteiger partial charge in [-0.25, -0.2) is 14.3 Å². The van der Waals surface area contributed by atoms with E-state index in [4.69, 9.17) is 0 Å². The van der Waals surface area contributed by atoms with E-state index in [0.29, 0.717) is 11.4 Å². The molecule has 146 valence electrons. The smallest absolute Gasteiger partial charge is 0.275 e. The summed E-state index contributed by atoms with van der Waals surface area (Å²) in [5, 5.41) is 14.1. The first-order valence-corrected chi connectivity index (χ1v) is 10.1. The number of carbonyl (C=O) groups excluding carboxylic acids is 1. The van der Waals surface area contributed by atoms with Gasteiger partial charge in [0.1, 0.15) is 10.7 Å². The van der Waals surface area contributed by atoms with Gasteiger partial charge < -0.3 is 5.32 Å². The molecule has 0 unspecified atom stereocenters. The van der Waals surface area contributed by atoms with Gasteiger partial charge in [-0.15, -0.1) is 11.3 Å². The lowest BCUT2D eigenvalue weighted by Gasteiger charge is -2.10. The second kappa shape index (κ2) is 7.76. The summed E-state index contributed by atoms with van der Waals surface area (Å²) in [5.41, 5.74) is 3.64. The van der Waals surface area contributed by atoms with Crippen molar-refractivity contribution in [2.45, 2.75) is 0 Å². The second-order valence-corrected chi connectivity index (χ2v) is 7.33. The van der Waals surface area contributed by atoms with Crippen molar-refractivity contribution in [3.05, 3.63) is 96.5 Å². The third kappa shape index (κ3) is 3.51. The third-order valence-corrected chi connectivity index (χ3v) is 5.38. The molecule has 5 aromatic rings. The highest BCUT2D eigenvalue weighted by molar-refractivity contribution is 7.13. The average molecular weight is 412 g/mol. The van der Waals surface area contributed by atoms with E-state index in [2.05, 4.69) is 20.5 Å². The van der Waals surface area contributed by atoms with Crippen LogP contribution in [0.25, 0.3) is 21.9 Å². The van der Waals surface area contributed by atoms with Crippen molar-refractivity contribution in [3.63, 3.8) is 0 Å². The number of anilines is 1. The summed E-state index contributed by atoms with van der Waals surface area (Å²) >= 11 is 1.41. The number of hydrogen-bond donors (Lipinski definition) is 1. The second-order valence-electron chi connectivity index (χ2n) is 6.47. The summed E-state index contributed by atoms with van der Waals surface area (Å²) in [6, 6.07) is 19.2. The van der Waals surface area contributed by atoms with E-state index in [-0.39, 0.29) is 5.91 Å². The van der Waals surface area contributed by atoms with Crippen LogP contribution in [0.15, 0.2) is 90.8 Å². The first-order valence-electron chi connectivity index (χ1n) is 9.24. The fraction of sp³-hybridized carbons (Fsp3) is 0. The molecule has 0 spiro atoms. The van der Waals surface area contributed by atoms with Crippen LogP contribution in [0.4, 0.5) is 5.69 Å². The Morgan fingerprint density at radius 2 is 1.77 bits per heavy atom. The minimum atomic E-state index is -0.271. The van der Waals surface area contributed by atoms with Gasteiger partial charge in [0.05, 0.1) is 23.3 Å². The van der Waals surface area contributed by atoms with Crippen molar-refractivity contribution < 1.29 is 4.79 Å². The predicted molar refractivity (Wildman–Crippen MR) is 116 cm³/mol. The molecule has 30 heavy (non-hydrogen) atoms. The monoisotopic (exact) mass is 412 g/mol. The van der Waals surface area contributed by atoms with Crippen molar-refractivity contribution in [1.29, 1.82) is 0 Å². The number of rotatable bonds is 5. The van der Waals surface area contributed by atoms with E-state index in [0.717, 1.165) is 21.9 Å². The molecule has 0 aliphatic rings. The summed E-state index contributed by atoms with van der Waals surface area (Å²) in [4.78, 5) is 17.3. The van der Waals surface area contributed by atoms with Gasteiger partial charge in [-0.2, -0.15) is 10.2 Å². The van der Waals surface area contributed by atoms with Gasteiger partial charge in [0.15, 0.2) is 0 Å². The van der Waals surface area contributed by atoms with Gasteiger partial charge in [0.25, 0.3) is 5.91 Å². The number of nitrogens with one attached hydrogen (secondary N) is 1. The summed E-state index contributed by atoms with van der Waals surface area (Å²) in [6.45, 7) is 0. The van der Waals surface area contributed by atoms with E-state index in [1.165, 1.54) is 11.3 Å². The van der Waals surface area contributed by atoms with Crippen LogP contribution in [0.5, 0.6) is 0 Å². The Balaban J connectivity index is 1.37. The maximum Gasteiger partial charge on any atom is 0.275 e. The normalized spacial score (nSPS) is 10.8. The zero-order valence-electron chi connectivity index (χ0n) is 15.7. The highest BCUT2D eigenvalue weighted by Gasteiger charge is 2.15. The molecule has 1 amide bonds. The predicted octanol–water partition coefficient (Wildman–Crippen LogP) is 4.43. The molecule has 3 aromatic heterocycles. The van der Waals surface area contributed by atoms with E-state index >= 15 is 0 Å². The molecule has 5 rings (SSSR count). The van der Waals surface area contributed by atoms with Crippen LogP contribution in [-0.2, 0) is 0 Å². The Bertz CT molecular complexity index is 1290. The lowest BCUT2D eigenvalue weighted by Crippen LogP contribution is -2.14. The molecule has 0 aliphatic carbocycles. The quantitative estimate of drug-likeness (QED) is 0.463. The first-order chi connectivity index (χ1) is 14.8. The Morgan fingerprint density at radius 1 is 0.933 bits per heavy atom. The maximum absolute atomic E-state index is 12.8. The van der Waals surface area contributed by atoms with Crippen molar-refractivity contribution >= 4 is 22.9 Å². The Kier molecular flexibility index (Phi) is 4.66. The zero-order valence-corrected chi connectivity index (χ0v) is 16.5. The maximum atomic E-state index is 12.8. The molecule has 2 aromatic carbocycles. The molecule has 8 heteroatoms. The Labute approximate surface area is 176 Å². The molecule has 1 N–H and O–H groups in total. The van der Waals surface area contributed by atoms with E-state index in [1.54, 1.807) is 27.1 Å². The van der Waals surface area contributed by atoms with E-state index in [9.17, 15) is 4.79 Å². The Hall–Kier alpha value is -4.04. The van der Waals surface area contributed by atoms with Gasteiger partial charge >= 0.3 is 0 Å². The molecule has 0 radical (unpaired) electrons. The SMILES string of the molecule is O=C(Nc1ccccc1-n1cccn1)c1csc(-c2cnn(-c3ccccc3)c2)n1. The molecule has 0 aliphatic heterocycles. The molecular formula is C22H16N6OS. The topological polar surface area (TPSA) is 77.6 Å². The van der Waals surface area contributed by atoms with Gasteiger partial charge in [-0.05, 0) is 30.3 Å². The number of amides is 1. The molecule has 0 bridgehead atoms. The molecule has 0 saturated heterocycles. The number of carbonyl (C=O) groups is 1. The minimum absolute atomic E-state index is 0.271. The molecule has 3 heterocycles. The highest BCUT2D eigenvalue weighted by atomic mass is 32.1. The van der Waals surface area contributed by atoms with Crippen LogP contribution < -0.4 is 5.32 Å². The number of thiazole rings is 1. The van der Waals surface area contributed by atoms with Crippen molar-refractivity contribution in [1.82, 2.24) is 24.5 Å². The van der Waals surface area contributed by atoms with Crippen LogP contribution in [0, 0.1) is 0 Å². The lowest BCUT2D eigenvalue weighted by molar-refractivity contribution is 0.102. The number of para-hydroxylation sites is 3. The first kappa shape index (κ1) is 18.0. The highest BCUT2D eigenvalue weighted by Crippen LogP contribution is 2.25. The van der Waals surface area contributed by atoms with Crippen molar-refractivity contribution in [2.24, 2.45) is 0 Å². The number of hydrogen-bond acceptors (Lipinski definition) is 5. The summed E-state index contributed by atoms with van der Waals surface area (Å²) in [5.74, 6) is -0.271. The van der Waals surface area contributed by atoms with Crippen LogP contribution in [0.1, 0.15) is 10.5 Å². The summed E-state index contributed by atoms with van der Waals surface area (Å²) in [7, 11) is 0. The molecule has 0 saturated carbocycles. The minimum Gasteiger partial charge on any atom is -0.319 e. The van der Waals surface area contributed by atoms with Gasteiger partial charge in [0.2, 0.25) is 0 Å². The fourth-order valence-corrected chi connectivity index (χ4v) is 3.82. The number of nitrogens with zero attached hydrogens (tertiary/aromatic N) is 5. The van der Waals surface area contributed by atoms with Gasteiger partial charge in [-0.3, -0.25) is 4.79 Å². The molecule has 0 fully saturated rings. The Morgan fingerprint density at radius 3 is 2.60 bits per heavy atom. The summed E-state index contributed by atoms with van der Waals surface area (Å²) < 4.78 is 3.50. The third-order valence-electron chi connectivity index (χ3n) is 4.49. The van der Waals surface area contributed by atoms with Crippen molar-refractivity contribution in [3.8, 4) is 21.9 Å². The van der Waals surface area contributed by atoms with Gasteiger partial charge in [0, 0.05) is 29.5 Å². The van der Waals surface area contributed by atoms with E-state index < -0.39 is 0 Å². The van der Waals surface area contributed by atoms with E-state index in [1.807, 2.05) is 73.1 Å². The van der Waals surface area contributed by atoms with Crippen LogP contribution >= 0.6 is 11.3 Å².